The summed E-state index contributed by atoms with van der Waals surface area (Å²) in [5.41, 5.74) is 0.835. The molecule has 0 atom stereocenters. The number of halogens is 3. The molecule has 0 amide bonds. The highest BCUT2D eigenvalue weighted by Crippen LogP contribution is 2.29. The largest absolute Gasteiger partial charge is 0.493 e. The van der Waals surface area contributed by atoms with Crippen LogP contribution >= 0.6 is 0 Å². The van der Waals surface area contributed by atoms with Gasteiger partial charge in [0.05, 0.1) is 7.11 Å². The van der Waals surface area contributed by atoms with Crippen LogP contribution in [0.25, 0.3) is 0 Å². The van der Waals surface area contributed by atoms with Crippen molar-refractivity contribution >= 4 is 5.96 Å². The highest BCUT2D eigenvalue weighted by molar-refractivity contribution is 5.79. The zero-order valence-corrected chi connectivity index (χ0v) is 15.4. The third-order valence-electron chi connectivity index (χ3n) is 3.55. The first-order chi connectivity index (χ1) is 12.3. The predicted octanol–water partition coefficient (Wildman–Crippen LogP) is 3.61. The van der Waals surface area contributed by atoms with E-state index in [-0.39, 0.29) is 11.5 Å². The minimum absolute atomic E-state index is 0.0551. The number of hydrogen-bond acceptors (Lipinski definition) is 3. The first kappa shape index (κ1) is 21.7. The summed E-state index contributed by atoms with van der Waals surface area (Å²) >= 11 is 0. The van der Waals surface area contributed by atoms with Crippen molar-refractivity contribution in [1.82, 2.24) is 10.2 Å². The van der Waals surface area contributed by atoms with Gasteiger partial charge in [-0.1, -0.05) is 12.1 Å². The lowest BCUT2D eigenvalue weighted by Crippen LogP contribution is -2.38. The molecule has 1 aromatic carbocycles. The number of nitrogens with one attached hydrogen (secondary N) is 1. The average Bonchev–Trinajstić information content (AvgIpc) is 2.60. The van der Waals surface area contributed by atoms with E-state index in [9.17, 15) is 13.2 Å². The average molecular weight is 373 g/mol. The van der Waals surface area contributed by atoms with Gasteiger partial charge in [0, 0.05) is 27.2 Å². The van der Waals surface area contributed by atoms with Crippen molar-refractivity contribution in [2.45, 2.75) is 25.6 Å². The molecular weight excluding hydrogens is 347 g/mol. The monoisotopic (exact) mass is 373 g/mol. The maximum absolute atomic E-state index is 12.3. The van der Waals surface area contributed by atoms with Crippen molar-refractivity contribution < 1.29 is 22.6 Å². The van der Waals surface area contributed by atoms with E-state index < -0.39 is 12.8 Å². The number of rotatable bonds is 9. The van der Waals surface area contributed by atoms with Crippen LogP contribution in [0.2, 0.25) is 0 Å². The van der Waals surface area contributed by atoms with Gasteiger partial charge >= 0.3 is 6.18 Å². The maximum Gasteiger partial charge on any atom is 0.422 e. The number of allylic oxidation sites excluding steroid dienone is 1. The third kappa shape index (κ3) is 7.67. The molecule has 1 N–H and O–H groups in total. The van der Waals surface area contributed by atoms with Crippen molar-refractivity contribution in [3.63, 3.8) is 0 Å². The molecule has 0 aliphatic rings. The summed E-state index contributed by atoms with van der Waals surface area (Å²) in [4.78, 5) is 6.22. The number of unbranched alkanes of at least 4 members (excludes halogenated alkanes) is 1. The van der Waals surface area contributed by atoms with Gasteiger partial charge < -0.3 is 19.7 Å². The fraction of sp³-hybridized carbons (Fsp3) is 0.500. The lowest BCUT2D eigenvalue weighted by molar-refractivity contribution is -0.153. The summed E-state index contributed by atoms with van der Waals surface area (Å²) in [6.07, 6.45) is -0.621. The van der Waals surface area contributed by atoms with Crippen LogP contribution in [0.3, 0.4) is 0 Å². The first-order valence-corrected chi connectivity index (χ1v) is 8.20. The molecule has 0 heterocycles. The Labute approximate surface area is 152 Å². The predicted molar refractivity (Wildman–Crippen MR) is 96.8 cm³/mol. The summed E-state index contributed by atoms with van der Waals surface area (Å²) < 4.78 is 46.8. The molecule has 0 aromatic heterocycles. The van der Waals surface area contributed by atoms with Crippen LogP contribution in [-0.2, 0) is 6.54 Å². The molecule has 0 spiro atoms. The Kier molecular flexibility index (Phi) is 8.81. The van der Waals surface area contributed by atoms with Crippen molar-refractivity contribution in [2.24, 2.45) is 4.99 Å². The van der Waals surface area contributed by atoms with Crippen molar-refractivity contribution in [1.29, 1.82) is 0 Å². The molecule has 1 aromatic rings. The number of ether oxygens (including phenoxy) is 2. The number of aliphatic imine (C=N–C) groups is 1. The van der Waals surface area contributed by atoms with E-state index in [1.807, 2.05) is 18.0 Å². The van der Waals surface area contributed by atoms with E-state index in [0.29, 0.717) is 6.54 Å². The minimum atomic E-state index is -4.39. The lowest BCUT2D eigenvalue weighted by atomic mass is 10.2. The van der Waals surface area contributed by atoms with E-state index in [1.165, 1.54) is 13.2 Å². The lowest BCUT2D eigenvalue weighted by Gasteiger charge is -2.22. The van der Waals surface area contributed by atoms with Gasteiger partial charge in [-0.2, -0.15) is 13.2 Å². The standard InChI is InChI=1S/C18H26F3N3O2/c1-5-6-7-10-24(3)17(22-2)23-12-14-8-9-15(16(11-14)25-4)26-13-18(19,20)21/h5,8-9,11H,1,6-7,10,12-13H2,2-4H3,(H,22,23). The Bertz CT molecular complexity index is 604. The molecule has 0 bridgehead atoms. The van der Waals surface area contributed by atoms with Crippen LogP contribution in [-0.4, -0.2) is 51.4 Å². The molecule has 0 saturated carbocycles. The van der Waals surface area contributed by atoms with Gasteiger partial charge in [0.1, 0.15) is 0 Å². The summed E-state index contributed by atoms with van der Waals surface area (Å²) in [5, 5.41) is 3.21. The van der Waals surface area contributed by atoms with E-state index >= 15 is 0 Å². The van der Waals surface area contributed by atoms with Gasteiger partial charge in [0.15, 0.2) is 24.1 Å². The fourth-order valence-electron chi connectivity index (χ4n) is 2.25. The Morgan fingerprint density at radius 1 is 1.35 bits per heavy atom. The molecule has 5 nitrogen and oxygen atoms in total. The highest BCUT2D eigenvalue weighted by atomic mass is 19.4. The van der Waals surface area contributed by atoms with Gasteiger partial charge in [-0.25, -0.2) is 0 Å². The molecule has 26 heavy (non-hydrogen) atoms. The second-order valence-corrected chi connectivity index (χ2v) is 5.64. The van der Waals surface area contributed by atoms with Crippen LogP contribution in [0.1, 0.15) is 18.4 Å². The highest BCUT2D eigenvalue weighted by Gasteiger charge is 2.29. The molecule has 0 saturated heterocycles. The van der Waals surface area contributed by atoms with Gasteiger partial charge in [-0.3, -0.25) is 4.99 Å². The smallest absolute Gasteiger partial charge is 0.422 e. The molecular formula is C18H26F3N3O2. The van der Waals surface area contributed by atoms with Crippen LogP contribution in [0.15, 0.2) is 35.8 Å². The molecule has 146 valence electrons. The number of methoxy groups -OCH3 is 1. The number of alkyl halides is 3. The van der Waals surface area contributed by atoms with Crippen LogP contribution in [0.5, 0.6) is 11.5 Å². The third-order valence-corrected chi connectivity index (χ3v) is 3.55. The normalized spacial score (nSPS) is 11.8. The molecule has 8 heteroatoms. The van der Waals surface area contributed by atoms with Crippen molar-refractivity contribution in [2.75, 3.05) is 34.4 Å². The van der Waals surface area contributed by atoms with Gasteiger partial charge in [0.25, 0.3) is 0 Å². The van der Waals surface area contributed by atoms with Crippen LogP contribution in [0, 0.1) is 0 Å². The Balaban J connectivity index is 2.67. The van der Waals surface area contributed by atoms with E-state index in [1.54, 1.807) is 19.2 Å². The number of guanidine groups is 1. The van der Waals surface area contributed by atoms with E-state index in [2.05, 4.69) is 16.9 Å². The van der Waals surface area contributed by atoms with Crippen LogP contribution < -0.4 is 14.8 Å². The van der Waals surface area contributed by atoms with Gasteiger partial charge in [-0.15, -0.1) is 6.58 Å². The number of nitrogens with zero attached hydrogens (tertiary/aromatic N) is 2. The zero-order chi connectivity index (χ0) is 19.6. The summed E-state index contributed by atoms with van der Waals surface area (Å²) in [6.45, 7) is 3.63. The second kappa shape index (κ2) is 10.6. The van der Waals surface area contributed by atoms with Gasteiger partial charge in [-0.05, 0) is 30.5 Å². The Hall–Kier alpha value is -2.38. The fourth-order valence-corrected chi connectivity index (χ4v) is 2.25. The van der Waals surface area contributed by atoms with Crippen LogP contribution in [0.4, 0.5) is 13.2 Å². The van der Waals surface area contributed by atoms with Gasteiger partial charge in [0.2, 0.25) is 0 Å². The second-order valence-electron chi connectivity index (χ2n) is 5.64. The van der Waals surface area contributed by atoms with E-state index in [4.69, 9.17) is 9.47 Å². The number of hydrogen-bond donors (Lipinski definition) is 1. The number of benzene rings is 1. The van der Waals surface area contributed by atoms with E-state index in [0.717, 1.165) is 30.9 Å². The Morgan fingerprint density at radius 3 is 2.65 bits per heavy atom. The van der Waals surface area contributed by atoms with Crippen molar-refractivity contribution in [3.8, 4) is 11.5 Å². The Morgan fingerprint density at radius 2 is 2.08 bits per heavy atom. The molecule has 0 unspecified atom stereocenters. The summed E-state index contributed by atoms with van der Waals surface area (Å²) in [6, 6.07) is 4.80. The topological polar surface area (TPSA) is 46.1 Å². The molecule has 0 aliphatic heterocycles. The minimum Gasteiger partial charge on any atom is -0.493 e. The van der Waals surface area contributed by atoms with Crippen molar-refractivity contribution in [3.05, 3.63) is 36.4 Å². The molecule has 0 fully saturated rings. The maximum atomic E-state index is 12.3. The quantitative estimate of drug-likeness (QED) is 0.311. The zero-order valence-electron chi connectivity index (χ0n) is 15.4. The first-order valence-electron chi connectivity index (χ1n) is 8.20. The molecule has 0 radical (unpaired) electrons. The summed E-state index contributed by atoms with van der Waals surface area (Å²) in [7, 11) is 5.02. The molecule has 1 rings (SSSR count). The summed E-state index contributed by atoms with van der Waals surface area (Å²) in [5.74, 6) is 1.04. The molecule has 0 aliphatic carbocycles. The SMILES string of the molecule is C=CCCCN(C)C(=NC)NCc1ccc(OCC(F)(F)F)c(OC)c1.